The number of hydrogen-bond donors (Lipinski definition) is 3. The van der Waals surface area contributed by atoms with E-state index in [0.29, 0.717) is 0 Å². The number of nitrogens with one attached hydrogen (secondary N) is 2. The van der Waals surface area contributed by atoms with E-state index in [1.165, 1.54) is 0 Å². The van der Waals surface area contributed by atoms with E-state index in [-0.39, 0.29) is 6.23 Å². The standard InChI is InChI=1S/C6H15N3O/c1-2-6(10)9-4-7-3-8-5-9/h6-8,10H,2-5H2,1H3. The lowest BCUT2D eigenvalue weighted by atomic mass is 10.4. The van der Waals surface area contributed by atoms with Crippen LogP contribution in [0.3, 0.4) is 0 Å². The third-order valence-corrected chi connectivity index (χ3v) is 1.67. The van der Waals surface area contributed by atoms with Gasteiger partial charge < -0.3 is 5.11 Å². The molecule has 0 saturated carbocycles. The first-order valence-corrected chi connectivity index (χ1v) is 3.68. The highest BCUT2D eigenvalue weighted by molar-refractivity contribution is 4.62. The van der Waals surface area contributed by atoms with E-state index in [9.17, 15) is 5.11 Å². The summed E-state index contributed by atoms with van der Waals surface area (Å²) in [4.78, 5) is 1.95. The molecule has 4 nitrogen and oxygen atoms in total. The van der Waals surface area contributed by atoms with Crippen LogP contribution >= 0.6 is 0 Å². The predicted molar refractivity (Wildman–Crippen MR) is 39.0 cm³/mol. The normalized spacial score (nSPS) is 24.6. The first-order chi connectivity index (χ1) is 4.84. The molecule has 0 aromatic heterocycles. The van der Waals surface area contributed by atoms with Gasteiger partial charge in [0.15, 0.2) is 0 Å². The molecule has 0 radical (unpaired) electrons. The van der Waals surface area contributed by atoms with Gasteiger partial charge in [-0.3, -0.25) is 15.5 Å². The highest BCUT2D eigenvalue weighted by atomic mass is 16.3. The van der Waals surface area contributed by atoms with E-state index >= 15 is 0 Å². The molecular formula is C6H15N3O. The third kappa shape index (κ3) is 1.91. The Kier molecular flexibility index (Phi) is 3.08. The lowest BCUT2D eigenvalue weighted by Crippen LogP contribution is -2.54. The average molecular weight is 145 g/mol. The van der Waals surface area contributed by atoms with Crippen LogP contribution in [-0.2, 0) is 0 Å². The average Bonchev–Trinajstić information content (AvgIpc) is 2.05. The van der Waals surface area contributed by atoms with Gasteiger partial charge in [-0.25, -0.2) is 0 Å². The van der Waals surface area contributed by atoms with Crippen molar-refractivity contribution in [3.8, 4) is 0 Å². The van der Waals surface area contributed by atoms with E-state index in [1.807, 2.05) is 11.8 Å². The summed E-state index contributed by atoms with van der Waals surface area (Å²) in [7, 11) is 0. The van der Waals surface area contributed by atoms with E-state index in [0.717, 1.165) is 26.4 Å². The molecule has 1 saturated heterocycles. The Morgan fingerprint density at radius 3 is 2.60 bits per heavy atom. The smallest absolute Gasteiger partial charge is 0.109 e. The third-order valence-electron chi connectivity index (χ3n) is 1.67. The van der Waals surface area contributed by atoms with E-state index < -0.39 is 0 Å². The summed E-state index contributed by atoms with van der Waals surface area (Å²) >= 11 is 0. The van der Waals surface area contributed by atoms with Gasteiger partial charge in [0.25, 0.3) is 0 Å². The quantitative estimate of drug-likeness (QED) is 0.470. The van der Waals surface area contributed by atoms with Crippen LogP contribution in [0, 0.1) is 0 Å². The number of nitrogens with zero attached hydrogens (tertiary/aromatic N) is 1. The molecule has 1 atom stereocenters. The minimum Gasteiger partial charge on any atom is -0.378 e. The summed E-state index contributed by atoms with van der Waals surface area (Å²) in [6, 6.07) is 0. The molecule has 1 rings (SSSR count). The van der Waals surface area contributed by atoms with Crippen LogP contribution in [0.1, 0.15) is 13.3 Å². The molecule has 1 aliphatic rings. The van der Waals surface area contributed by atoms with Crippen LogP contribution in [0.15, 0.2) is 0 Å². The summed E-state index contributed by atoms with van der Waals surface area (Å²) in [5.41, 5.74) is 0. The first-order valence-electron chi connectivity index (χ1n) is 3.68. The van der Waals surface area contributed by atoms with Crippen molar-refractivity contribution in [1.82, 2.24) is 15.5 Å². The molecule has 10 heavy (non-hydrogen) atoms. The molecule has 1 heterocycles. The van der Waals surface area contributed by atoms with Crippen molar-refractivity contribution in [2.45, 2.75) is 19.6 Å². The Balaban J connectivity index is 2.24. The number of aliphatic hydroxyl groups excluding tert-OH is 1. The van der Waals surface area contributed by atoms with E-state index in [1.54, 1.807) is 0 Å². The second-order valence-electron chi connectivity index (χ2n) is 2.47. The van der Waals surface area contributed by atoms with Crippen molar-refractivity contribution in [2.75, 3.05) is 20.0 Å². The molecule has 0 amide bonds. The fourth-order valence-electron chi connectivity index (χ4n) is 1.01. The van der Waals surface area contributed by atoms with Gasteiger partial charge in [0.05, 0.1) is 13.3 Å². The first kappa shape index (κ1) is 7.94. The van der Waals surface area contributed by atoms with Crippen molar-refractivity contribution in [3.63, 3.8) is 0 Å². The van der Waals surface area contributed by atoms with Crippen LogP contribution in [0.2, 0.25) is 0 Å². The van der Waals surface area contributed by atoms with Crippen molar-refractivity contribution in [1.29, 1.82) is 0 Å². The second-order valence-corrected chi connectivity index (χ2v) is 2.47. The molecule has 1 aliphatic heterocycles. The molecule has 0 spiro atoms. The SMILES string of the molecule is CCC(O)N1CNCNC1. The molecule has 1 fully saturated rings. The maximum absolute atomic E-state index is 9.33. The Bertz CT molecular complexity index is 93.0. The zero-order valence-electron chi connectivity index (χ0n) is 6.30. The van der Waals surface area contributed by atoms with E-state index in [2.05, 4.69) is 10.6 Å². The zero-order chi connectivity index (χ0) is 7.40. The Morgan fingerprint density at radius 2 is 2.10 bits per heavy atom. The van der Waals surface area contributed by atoms with Crippen LogP contribution in [0.5, 0.6) is 0 Å². The molecule has 0 aromatic rings. The topological polar surface area (TPSA) is 47.5 Å². The lowest BCUT2D eigenvalue weighted by Gasteiger charge is -2.31. The van der Waals surface area contributed by atoms with Crippen LogP contribution in [-0.4, -0.2) is 36.2 Å². The lowest BCUT2D eigenvalue weighted by molar-refractivity contribution is -0.0212. The summed E-state index contributed by atoms with van der Waals surface area (Å²) in [6.45, 7) is 4.37. The largest absolute Gasteiger partial charge is 0.378 e. The molecule has 1 unspecified atom stereocenters. The van der Waals surface area contributed by atoms with Gasteiger partial charge in [-0.2, -0.15) is 0 Å². The fourth-order valence-corrected chi connectivity index (χ4v) is 1.01. The van der Waals surface area contributed by atoms with Crippen molar-refractivity contribution in [3.05, 3.63) is 0 Å². The minimum atomic E-state index is -0.305. The van der Waals surface area contributed by atoms with Crippen molar-refractivity contribution >= 4 is 0 Å². The van der Waals surface area contributed by atoms with Crippen molar-refractivity contribution in [2.24, 2.45) is 0 Å². The Labute approximate surface area is 61.2 Å². The molecule has 0 aliphatic carbocycles. The Morgan fingerprint density at radius 1 is 1.50 bits per heavy atom. The van der Waals surface area contributed by atoms with Crippen LogP contribution in [0.25, 0.3) is 0 Å². The van der Waals surface area contributed by atoms with Gasteiger partial charge >= 0.3 is 0 Å². The minimum absolute atomic E-state index is 0.305. The van der Waals surface area contributed by atoms with E-state index in [4.69, 9.17) is 0 Å². The summed E-state index contributed by atoms with van der Waals surface area (Å²) in [5.74, 6) is 0. The predicted octanol–water partition coefficient (Wildman–Crippen LogP) is -0.918. The molecule has 0 aromatic carbocycles. The summed E-state index contributed by atoms with van der Waals surface area (Å²) in [6.07, 6.45) is 0.476. The van der Waals surface area contributed by atoms with Crippen LogP contribution < -0.4 is 10.6 Å². The van der Waals surface area contributed by atoms with Gasteiger partial charge in [0, 0.05) is 6.67 Å². The molecule has 60 valence electrons. The second kappa shape index (κ2) is 3.88. The van der Waals surface area contributed by atoms with Gasteiger partial charge in [-0.1, -0.05) is 6.92 Å². The highest BCUT2D eigenvalue weighted by Gasteiger charge is 2.14. The molecular weight excluding hydrogens is 130 g/mol. The van der Waals surface area contributed by atoms with Crippen LogP contribution in [0.4, 0.5) is 0 Å². The summed E-state index contributed by atoms with van der Waals surface area (Å²) < 4.78 is 0. The van der Waals surface area contributed by atoms with Gasteiger partial charge in [-0.05, 0) is 6.42 Å². The Hall–Kier alpha value is -0.160. The molecule has 4 heteroatoms. The van der Waals surface area contributed by atoms with Crippen molar-refractivity contribution < 1.29 is 5.11 Å². The molecule has 3 N–H and O–H groups in total. The van der Waals surface area contributed by atoms with Gasteiger partial charge in [-0.15, -0.1) is 0 Å². The molecule has 0 bridgehead atoms. The number of hydrogen-bond acceptors (Lipinski definition) is 4. The maximum atomic E-state index is 9.33. The van der Waals surface area contributed by atoms with Gasteiger partial charge in [0.1, 0.15) is 6.23 Å². The zero-order valence-corrected chi connectivity index (χ0v) is 6.30. The monoisotopic (exact) mass is 145 g/mol. The number of aliphatic hydroxyl groups is 1. The number of rotatable bonds is 2. The van der Waals surface area contributed by atoms with Gasteiger partial charge in [0.2, 0.25) is 0 Å². The fraction of sp³-hybridized carbons (Fsp3) is 1.00. The summed E-state index contributed by atoms with van der Waals surface area (Å²) in [5, 5.41) is 15.5. The maximum Gasteiger partial charge on any atom is 0.109 e. The highest BCUT2D eigenvalue weighted by Crippen LogP contribution is 1.98.